The van der Waals surface area contributed by atoms with Crippen molar-refractivity contribution in [1.29, 1.82) is 0 Å². The van der Waals surface area contributed by atoms with E-state index in [-0.39, 0.29) is 5.91 Å². The van der Waals surface area contributed by atoms with E-state index in [1.807, 2.05) is 55.5 Å². The second kappa shape index (κ2) is 6.70. The minimum absolute atomic E-state index is 0.200. The largest absolute Gasteiger partial charge is 0.324 e. The van der Waals surface area contributed by atoms with Gasteiger partial charge in [0.15, 0.2) is 6.04 Å². The molecular weight excluding hydrogens is 358 g/mol. The van der Waals surface area contributed by atoms with Crippen molar-refractivity contribution in [2.45, 2.75) is 13.0 Å². The molecule has 1 amide bonds. The highest BCUT2D eigenvalue weighted by atomic mass is 79.9. The predicted octanol–water partition coefficient (Wildman–Crippen LogP) is 2.97. The van der Waals surface area contributed by atoms with Crippen LogP contribution in [0.4, 0.5) is 5.69 Å². The summed E-state index contributed by atoms with van der Waals surface area (Å²) in [5.74, 6) is -0.200. The summed E-state index contributed by atoms with van der Waals surface area (Å²) in [6, 6.07) is 14.5. The van der Waals surface area contributed by atoms with Crippen molar-refractivity contribution in [2.75, 3.05) is 5.32 Å². The SMILES string of the molecule is Cc1cc(Br)ccc1NC(=O)C(c1ccccc1)n1cnnn1. The number of aromatic nitrogens is 4. The van der Waals surface area contributed by atoms with E-state index < -0.39 is 6.04 Å². The first-order valence-corrected chi connectivity index (χ1v) is 7.79. The van der Waals surface area contributed by atoms with Crippen LogP contribution in [-0.4, -0.2) is 26.1 Å². The minimum atomic E-state index is -0.630. The van der Waals surface area contributed by atoms with Gasteiger partial charge in [0.2, 0.25) is 0 Å². The Balaban J connectivity index is 1.92. The Morgan fingerprint density at radius 2 is 2.00 bits per heavy atom. The maximum atomic E-state index is 12.8. The Bertz CT molecular complexity index is 805. The summed E-state index contributed by atoms with van der Waals surface area (Å²) in [5, 5.41) is 14.1. The fourth-order valence-electron chi connectivity index (χ4n) is 2.31. The number of aryl methyl sites for hydroxylation is 1. The molecule has 0 bridgehead atoms. The van der Waals surface area contributed by atoms with E-state index in [1.165, 1.54) is 11.0 Å². The molecule has 6 nitrogen and oxygen atoms in total. The molecule has 3 aromatic rings. The number of amides is 1. The van der Waals surface area contributed by atoms with Crippen molar-refractivity contribution in [3.05, 3.63) is 70.5 Å². The van der Waals surface area contributed by atoms with Crippen LogP contribution in [0.1, 0.15) is 17.2 Å². The summed E-state index contributed by atoms with van der Waals surface area (Å²) in [4.78, 5) is 12.8. The highest BCUT2D eigenvalue weighted by molar-refractivity contribution is 9.10. The molecule has 1 atom stereocenters. The van der Waals surface area contributed by atoms with E-state index in [0.717, 1.165) is 21.3 Å². The highest BCUT2D eigenvalue weighted by Crippen LogP contribution is 2.23. The summed E-state index contributed by atoms with van der Waals surface area (Å²) in [7, 11) is 0. The van der Waals surface area contributed by atoms with Crippen molar-refractivity contribution in [1.82, 2.24) is 20.2 Å². The van der Waals surface area contributed by atoms with Crippen LogP contribution in [0.5, 0.6) is 0 Å². The lowest BCUT2D eigenvalue weighted by Crippen LogP contribution is -2.27. The van der Waals surface area contributed by atoms with Crippen LogP contribution in [0.3, 0.4) is 0 Å². The van der Waals surface area contributed by atoms with Crippen LogP contribution in [0, 0.1) is 6.92 Å². The molecule has 0 saturated carbocycles. The third kappa shape index (κ3) is 3.45. The zero-order valence-electron chi connectivity index (χ0n) is 12.3. The van der Waals surface area contributed by atoms with Gasteiger partial charge in [0.25, 0.3) is 5.91 Å². The molecule has 7 heteroatoms. The number of rotatable bonds is 4. The van der Waals surface area contributed by atoms with Gasteiger partial charge in [-0.25, -0.2) is 4.68 Å². The molecule has 1 aromatic heterocycles. The Morgan fingerprint density at radius 3 is 2.65 bits per heavy atom. The first-order chi connectivity index (χ1) is 11.1. The Morgan fingerprint density at radius 1 is 1.22 bits per heavy atom. The zero-order valence-corrected chi connectivity index (χ0v) is 13.9. The van der Waals surface area contributed by atoms with Crippen molar-refractivity contribution >= 4 is 27.5 Å². The van der Waals surface area contributed by atoms with E-state index in [2.05, 4.69) is 36.8 Å². The molecule has 23 heavy (non-hydrogen) atoms. The van der Waals surface area contributed by atoms with E-state index in [0.29, 0.717) is 0 Å². The summed E-state index contributed by atoms with van der Waals surface area (Å²) in [6.45, 7) is 1.94. The first-order valence-electron chi connectivity index (χ1n) is 6.99. The van der Waals surface area contributed by atoms with Crippen LogP contribution >= 0.6 is 15.9 Å². The number of nitrogens with one attached hydrogen (secondary N) is 1. The molecule has 0 saturated heterocycles. The van der Waals surface area contributed by atoms with Gasteiger partial charge in [0, 0.05) is 10.2 Å². The Labute approximate surface area is 141 Å². The number of anilines is 1. The van der Waals surface area contributed by atoms with Gasteiger partial charge in [0.1, 0.15) is 6.33 Å². The molecule has 0 aliphatic rings. The summed E-state index contributed by atoms with van der Waals surface area (Å²) < 4.78 is 2.41. The van der Waals surface area contributed by atoms with Crippen molar-refractivity contribution in [3.8, 4) is 0 Å². The van der Waals surface area contributed by atoms with Gasteiger partial charge >= 0.3 is 0 Å². The molecule has 3 rings (SSSR count). The third-order valence-electron chi connectivity index (χ3n) is 3.44. The topological polar surface area (TPSA) is 72.7 Å². The van der Waals surface area contributed by atoms with Crippen LogP contribution < -0.4 is 5.32 Å². The third-order valence-corrected chi connectivity index (χ3v) is 3.93. The van der Waals surface area contributed by atoms with Crippen molar-refractivity contribution < 1.29 is 4.79 Å². The van der Waals surface area contributed by atoms with Crippen LogP contribution in [0.15, 0.2) is 59.3 Å². The quantitative estimate of drug-likeness (QED) is 0.764. The van der Waals surface area contributed by atoms with E-state index >= 15 is 0 Å². The van der Waals surface area contributed by atoms with Crippen LogP contribution in [-0.2, 0) is 4.79 Å². The summed E-state index contributed by atoms with van der Waals surface area (Å²) >= 11 is 3.42. The minimum Gasteiger partial charge on any atom is -0.324 e. The maximum Gasteiger partial charge on any atom is 0.253 e. The molecule has 116 valence electrons. The summed E-state index contributed by atoms with van der Waals surface area (Å²) in [5.41, 5.74) is 2.54. The maximum absolute atomic E-state index is 12.8. The summed E-state index contributed by atoms with van der Waals surface area (Å²) in [6.07, 6.45) is 1.44. The molecule has 1 unspecified atom stereocenters. The molecule has 0 spiro atoms. The molecule has 1 heterocycles. The lowest BCUT2D eigenvalue weighted by molar-refractivity contribution is -0.118. The van der Waals surface area contributed by atoms with Crippen LogP contribution in [0.2, 0.25) is 0 Å². The van der Waals surface area contributed by atoms with Gasteiger partial charge in [-0.3, -0.25) is 4.79 Å². The fraction of sp³-hybridized carbons (Fsp3) is 0.125. The number of hydrogen-bond acceptors (Lipinski definition) is 4. The monoisotopic (exact) mass is 371 g/mol. The molecule has 0 aliphatic heterocycles. The first kappa shape index (κ1) is 15.4. The molecule has 0 radical (unpaired) electrons. The average molecular weight is 372 g/mol. The van der Waals surface area contributed by atoms with Gasteiger partial charge in [-0.05, 0) is 46.7 Å². The normalized spacial score (nSPS) is 11.9. The molecular formula is C16H14BrN5O. The molecule has 0 aliphatic carbocycles. The van der Waals surface area contributed by atoms with Crippen molar-refractivity contribution in [2.24, 2.45) is 0 Å². The number of carbonyl (C=O) groups is 1. The standard InChI is InChI=1S/C16H14BrN5O/c1-11-9-13(17)7-8-14(11)19-16(23)15(22-10-18-20-21-22)12-5-3-2-4-6-12/h2-10,15H,1H3,(H,19,23). The Hall–Kier alpha value is -2.54. The number of hydrogen-bond donors (Lipinski definition) is 1. The van der Waals surface area contributed by atoms with Gasteiger partial charge < -0.3 is 5.32 Å². The second-order valence-electron chi connectivity index (χ2n) is 5.05. The lowest BCUT2D eigenvalue weighted by Gasteiger charge is -2.17. The van der Waals surface area contributed by atoms with Gasteiger partial charge in [-0.2, -0.15) is 0 Å². The van der Waals surface area contributed by atoms with E-state index in [9.17, 15) is 4.79 Å². The number of halogens is 1. The smallest absolute Gasteiger partial charge is 0.253 e. The second-order valence-corrected chi connectivity index (χ2v) is 5.97. The van der Waals surface area contributed by atoms with Gasteiger partial charge in [0.05, 0.1) is 0 Å². The lowest BCUT2D eigenvalue weighted by atomic mass is 10.1. The fourth-order valence-corrected chi connectivity index (χ4v) is 2.79. The van der Waals surface area contributed by atoms with Crippen molar-refractivity contribution in [3.63, 3.8) is 0 Å². The van der Waals surface area contributed by atoms with Crippen LogP contribution in [0.25, 0.3) is 0 Å². The molecule has 1 N–H and O–H groups in total. The zero-order chi connectivity index (χ0) is 16.2. The van der Waals surface area contributed by atoms with Gasteiger partial charge in [-0.15, -0.1) is 5.10 Å². The van der Waals surface area contributed by atoms with E-state index in [4.69, 9.17) is 0 Å². The predicted molar refractivity (Wildman–Crippen MR) is 89.9 cm³/mol. The highest BCUT2D eigenvalue weighted by Gasteiger charge is 2.24. The van der Waals surface area contributed by atoms with Gasteiger partial charge in [-0.1, -0.05) is 46.3 Å². The number of nitrogens with zero attached hydrogens (tertiary/aromatic N) is 4. The van der Waals surface area contributed by atoms with E-state index in [1.54, 1.807) is 0 Å². The Kier molecular flexibility index (Phi) is 4.47. The average Bonchev–Trinajstić information content (AvgIpc) is 3.05. The number of carbonyl (C=O) groups excluding carboxylic acids is 1. The number of benzene rings is 2. The molecule has 0 fully saturated rings. The molecule has 2 aromatic carbocycles. The number of tetrazole rings is 1.